The van der Waals surface area contributed by atoms with Gasteiger partial charge in [0.25, 0.3) is 0 Å². The van der Waals surface area contributed by atoms with Gasteiger partial charge < -0.3 is 0 Å². The van der Waals surface area contributed by atoms with Gasteiger partial charge in [0.05, 0.1) is 0 Å². The molecule has 0 aliphatic heterocycles. The van der Waals surface area contributed by atoms with Crippen LogP contribution in [0.4, 0.5) is 0 Å². The van der Waals surface area contributed by atoms with Crippen molar-refractivity contribution < 1.29 is 0 Å². The lowest BCUT2D eigenvalue weighted by molar-refractivity contribution is 0.861. The minimum absolute atomic E-state index is 0.650. The topological polar surface area (TPSA) is 0 Å². The maximum absolute atomic E-state index is 3.33. The minimum atomic E-state index is 0.650. The van der Waals surface area contributed by atoms with Crippen LogP contribution in [-0.4, -0.2) is 0 Å². The molecule has 1 aromatic rings. The zero-order valence-electron chi connectivity index (χ0n) is 7.80. The van der Waals surface area contributed by atoms with Crippen molar-refractivity contribution in [2.45, 2.75) is 38.5 Å². The first-order chi connectivity index (χ1) is 5.77. The maximum Gasteiger partial charge on any atom is -0.0146 e. The van der Waals surface area contributed by atoms with Crippen LogP contribution in [0, 0.1) is 6.07 Å². The first-order valence-corrected chi connectivity index (χ1v) is 4.79. The smallest absolute Gasteiger partial charge is 0.0146 e. The summed E-state index contributed by atoms with van der Waals surface area (Å²) in [6.07, 6.45) is 2.75. The van der Waals surface area contributed by atoms with Gasteiger partial charge in [-0.3, -0.25) is 0 Å². The van der Waals surface area contributed by atoms with E-state index in [-0.39, 0.29) is 0 Å². The van der Waals surface area contributed by atoms with Gasteiger partial charge in [0.1, 0.15) is 0 Å². The van der Waals surface area contributed by atoms with Crippen LogP contribution in [0.5, 0.6) is 0 Å². The van der Waals surface area contributed by atoms with E-state index in [9.17, 15) is 0 Å². The average Bonchev–Trinajstić information content (AvgIpc) is 2.87. The summed E-state index contributed by atoms with van der Waals surface area (Å²) in [6, 6.07) is 9.90. The van der Waals surface area contributed by atoms with Crippen molar-refractivity contribution >= 4 is 0 Å². The zero-order chi connectivity index (χ0) is 8.55. The largest absolute Gasteiger partial charge is 0.0587 e. The molecule has 0 nitrogen and oxygen atoms in total. The third kappa shape index (κ3) is 1.52. The first-order valence-electron chi connectivity index (χ1n) is 4.79. The molecule has 12 heavy (non-hydrogen) atoms. The van der Waals surface area contributed by atoms with E-state index in [0.717, 1.165) is 5.92 Å². The molecule has 0 heterocycles. The number of rotatable bonds is 2. The highest BCUT2D eigenvalue weighted by molar-refractivity contribution is 5.29. The monoisotopic (exact) mass is 159 g/mol. The Bertz CT molecular complexity index is 252. The fourth-order valence-corrected chi connectivity index (χ4v) is 1.49. The minimum Gasteiger partial charge on any atom is -0.0587 e. The molecule has 0 bridgehead atoms. The van der Waals surface area contributed by atoms with Gasteiger partial charge >= 0.3 is 0 Å². The van der Waals surface area contributed by atoms with Crippen LogP contribution in [0.25, 0.3) is 0 Å². The number of hydrogen-bond acceptors (Lipinski definition) is 0. The van der Waals surface area contributed by atoms with Gasteiger partial charge in [-0.25, -0.2) is 0 Å². The average molecular weight is 159 g/mol. The summed E-state index contributed by atoms with van der Waals surface area (Å²) in [5.41, 5.74) is 2.89. The standard InChI is InChI=1S/C12H15/c1-9(2)11-4-3-5-12(8-11)10-6-7-10/h3-4,8-10H,6-7H2,1-2H3. The van der Waals surface area contributed by atoms with E-state index in [1.807, 2.05) is 0 Å². The molecule has 0 amide bonds. The Balaban J connectivity index is 2.26. The molecular weight excluding hydrogens is 144 g/mol. The normalized spacial score (nSPS) is 16.9. The Morgan fingerprint density at radius 1 is 1.42 bits per heavy atom. The molecule has 0 aromatic heterocycles. The van der Waals surface area contributed by atoms with Crippen LogP contribution in [0.15, 0.2) is 18.2 Å². The Labute approximate surface area is 74.6 Å². The summed E-state index contributed by atoms with van der Waals surface area (Å²) in [6.45, 7) is 4.48. The molecule has 1 fully saturated rings. The van der Waals surface area contributed by atoms with Crippen molar-refractivity contribution in [1.29, 1.82) is 0 Å². The van der Waals surface area contributed by atoms with Gasteiger partial charge in [-0.05, 0) is 41.9 Å². The highest BCUT2D eigenvalue weighted by Crippen LogP contribution is 2.40. The fraction of sp³-hybridized carbons (Fsp3) is 0.500. The Morgan fingerprint density at radius 3 is 2.75 bits per heavy atom. The summed E-state index contributed by atoms with van der Waals surface area (Å²) in [7, 11) is 0. The van der Waals surface area contributed by atoms with E-state index < -0.39 is 0 Å². The molecule has 0 atom stereocenters. The summed E-state index contributed by atoms with van der Waals surface area (Å²) < 4.78 is 0. The van der Waals surface area contributed by atoms with Crippen LogP contribution in [0.2, 0.25) is 0 Å². The lowest BCUT2D eigenvalue weighted by Crippen LogP contribution is -1.88. The van der Waals surface area contributed by atoms with E-state index in [1.165, 1.54) is 24.0 Å². The van der Waals surface area contributed by atoms with Crippen molar-refractivity contribution in [3.63, 3.8) is 0 Å². The van der Waals surface area contributed by atoms with Crippen molar-refractivity contribution in [1.82, 2.24) is 0 Å². The molecule has 1 saturated carbocycles. The zero-order valence-corrected chi connectivity index (χ0v) is 7.80. The van der Waals surface area contributed by atoms with Crippen molar-refractivity contribution in [2.24, 2.45) is 0 Å². The van der Waals surface area contributed by atoms with Gasteiger partial charge in [-0.15, -0.1) is 0 Å². The number of benzene rings is 1. The van der Waals surface area contributed by atoms with Gasteiger partial charge in [0.2, 0.25) is 0 Å². The van der Waals surface area contributed by atoms with Crippen LogP contribution in [0.1, 0.15) is 49.7 Å². The van der Waals surface area contributed by atoms with Gasteiger partial charge in [0, 0.05) is 0 Å². The molecular formula is C12H15. The van der Waals surface area contributed by atoms with Crippen LogP contribution in [-0.2, 0) is 0 Å². The summed E-state index contributed by atoms with van der Waals surface area (Å²) >= 11 is 0. The molecule has 1 aliphatic rings. The molecule has 0 unspecified atom stereocenters. The lowest BCUT2D eigenvalue weighted by atomic mass is 9.99. The van der Waals surface area contributed by atoms with Gasteiger partial charge in [-0.1, -0.05) is 32.0 Å². The quantitative estimate of drug-likeness (QED) is 0.619. The molecule has 1 aliphatic carbocycles. The van der Waals surface area contributed by atoms with Crippen molar-refractivity contribution in [3.05, 3.63) is 35.4 Å². The SMILES string of the molecule is CC(C)c1cc[c]c(C2CC2)c1. The summed E-state index contributed by atoms with van der Waals surface area (Å²) in [5.74, 6) is 1.49. The third-order valence-electron chi connectivity index (χ3n) is 2.53. The lowest BCUT2D eigenvalue weighted by Gasteiger charge is -2.06. The van der Waals surface area contributed by atoms with E-state index >= 15 is 0 Å². The van der Waals surface area contributed by atoms with Gasteiger partial charge in [0.15, 0.2) is 0 Å². The second-order valence-electron chi connectivity index (χ2n) is 4.01. The molecule has 2 rings (SSSR count). The van der Waals surface area contributed by atoms with Gasteiger partial charge in [-0.2, -0.15) is 0 Å². The second kappa shape index (κ2) is 2.93. The Morgan fingerprint density at radius 2 is 2.17 bits per heavy atom. The highest BCUT2D eigenvalue weighted by atomic mass is 14.3. The summed E-state index contributed by atoms with van der Waals surface area (Å²) in [5, 5.41) is 0. The highest BCUT2D eigenvalue weighted by Gasteiger charge is 2.23. The molecule has 63 valence electrons. The molecule has 1 aromatic carbocycles. The van der Waals surface area contributed by atoms with E-state index in [1.54, 1.807) is 0 Å². The van der Waals surface area contributed by atoms with Crippen LogP contribution in [0.3, 0.4) is 0 Å². The predicted octanol–water partition coefficient (Wildman–Crippen LogP) is 3.49. The predicted molar refractivity (Wildman–Crippen MR) is 51.3 cm³/mol. The number of hydrogen-bond donors (Lipinski definition) is 0. The van der Waals surface area contributed by atoms with E-state index in [0.29, 0.717) is 5.92 Å². The van der Waals surface area contributed by atoms with E-state index in [2.05, 4.69) is 38.1 Å². The second-order valence-corrected chi connectivity index (χ2v) is 4.01. The van der Waals surface area contributed by atoms with Crippen LogP contribution < -0.4 is 0 Å². The molecule has 0 saturated heterocycles. The molecule has 0 spiro atoms. The maximum atomic E-state index is 3.33. The van der Waals surface area contributed by atoms with Crippen molar-refractivity contribution in [2.75, 3.05) is 0 Å². The van der Waals surface area contributed by atoms with Crippen molar-refractivity contribution in [3.8, 4) is 0 Å². The summed E-state index contributed by atoms with van der Waals surface area (Å²) in [4.78, 5) is 0. The fourth-order valence-electron chi connectivity index (χ4n) is 1.49. The first kappa shape index (κ1) is 7.85. The Hall–Kier alpha value is -0.780. The molecule has 1 radical (unpaired) electrons. The molecule has 0 heteroatoms. The third-order valence-corrected chi connectivity index (χ3v) is 2.53. The van der Waals surface area contributed by atoms with Crippen LogP contribution >= 0.6 is 0 Å². The Kier molecular flexibility index (Phi) is 1.92. The molecule has 0 N–H and O–H groups in total. The van der Waals surface area contributed by atoms with E-state index in [4.69, 9.17) is 0 Å².